The van der Waals surface area contributed by atoms with Crippen LogP contribution in [0, 0.1) is 5.92 Å². The fourth-order valence-corrected chi connectivity index (χ4v) is 4.25. The zero-order chi connectivity index (χ0) is 21.7. The summed E-state index contributed by atoms with van der Waals surface area (Å²) in [6, 6.07) is 5.31. The van der Waals surface area contributed by atoms with Crippen LogP contribution in [-0.4, -0.2) is 75.9 Å². The molecule has 2 heterocycles. The maximum absolute atomic E-state index is 12.6. The summed E-state index contributed by atoms with van der Waals surface area (Å²) in [7, 11) is 3.14. The van der Waals surface area contributed by atoms with E-state index < -0.39 is 0 Å². The molecule has 2 saturated heterocycles. The first kappa shape index (κ1) is 22.4. The van der Waals surface area contributed by atoms with Crippen LogP contribution < -0.4 is 19.7 Å². The zero-order valence-corrected chi connectivity index (χ0v) is 18.3. The number of carbonyl (C=O) groups is 2. The molecule has 2 aliphatic rings. The predicted molar refractivity (Wildman–Crippen MR) is 114 cm³/mol. The van der Waals surface area contributed by atoms with Crippen LogP contribution in [0.1, 0.15) is 26.7 Å². The third kappa shape index (κ3) is 5.43. The molecule has 166 valence electrons. The summed E-state index contributed by atoms with van der Waals surface area (Å²) in [5.41, 5.74) is 0.632. The first-order valence-corrected chi connectivity index (χ1v) is 10.6. The van der Waals surface area contributed by atoms with Crippen molar-refractivity contribution in [3.05, 3.63) is 18.2 Å². The maximum atomic E-state index is 12.6. The largest absolute Gasteiger partial charge is 0.497 e. The molecule has 1 aromatic carbocycles. The van der Waals surface area contributed by atoms with Gasteiger partial charge in [0.05, 0.1) is 38.0 Å². The van der Waals surface area contributed by atoms with E-state index in [1.54, 1.807) is 37.3 Å². The van der Waals surface area contributed by atoms with E-state index in [-0.39, 0.29) is 36.4 Å². The second kappa shape index (κ2) is 10.1. The van der Waals surface area contributed by atoms with Crippen LogP contribution >= 0.6 is 0 Å². The summed E-state index contributed by atoms with van der Waals surface area (Å²) in [5.74, 6) is 0.698. The Morgan fingerprint density at radius 2 is 1.90 bits per heavy atom. The molecular formula is C22H33N3O5. The number of hydrogen-bond acceptors (Lipinski definition) is 6. The molecule has 1 N–H and O–H groups in total. The van der Waals surface area contributed by atoms with Crippen molar-refractivity contribution in [1.29, 1.82) is 0 Å². The highest BCUT2D eigenvalue weighted by Gasteiger charge is 2.36. The van der Waals surface area contributed by atoms with Gasteiger partial charge in [-0.2, -0.15) is 0 Å². The summed E-state index contributed by atoms with van der Waals surface area (Å²) >= 11 is 0. The molecule has 0 radical (unpaired) electrons. The average Bonchev–Trinajstić information content (AvgIpc) is 3.11. The van der Waals surface area contributed by atoms with E-state index in [2.05, 4.69) is 24.1 Å². The number of nitrogens with zero attached hydrogens (tertiary/aromatic N) is 2. The summed E-state index contributed by atoms with van der Waals surface area (Å²) in [6.07, 6.45) is 1.56. The summed E-state index contributed by atoms with van der Waals surface area (Å²) in [6.45, 7) is 7.89. The first-order chi connectivity index (χ1) is 14.4. The molecule has 3 atom stereocenters. The van der Waals surface area contributed by atoms with Crippen LogP contribution in [0.3, 0.4) is 0 Å². The van der Waals surface area contributed by atoms with Gasteiger partial charge in [0.1, 0.15) is 11.5 Å². The highest BCUT2D eigenvalue weighted by Crippen LogP contribution is 2.36. The molecule has 8 heteroatoms. The van der Waals surface area contributed by atoms with Gasteiger partial charge in [0.2, 0.25) is 11.8 Å². The van der Waals surface area contributed by atoms with Crippen molar-refractivity contribution in [2.75, 3.05) is 51.8 Å². The third-order valence-electron chi connectivity index (χ3n) is 5.62. The number of ether oxygens (including phenoxy) is 3. The Balaban J connectivity index is 1.49. The van der Waals surface area contributed by atoms with E-state index >= 15 is 0 Å². The molecule has 0 spiro atoms. The molecule has 0 saturated carbocycles. The zero-order valence-electron chi connectivity index (χ0n) is 18.3. The molecule has 3 rings (SSSR count). The van der Waals surface area contributed by atoms with E-state index in [1.165, 1.54) is 0 Å². The van der Waals surface area contributed by atoms with Crippen molar-refractivity contribution in [3.8, 4) is 11.5 Å². The van der Waals surface area contributed by atoms with Gasteiger partial charge in [-0.3, -0.25) is 14.5 Å². The monoisotopic (exact) mass is 419 g/mol. The number of anilines is 1. The maximum Gasteiger partial charge on any atom is 0.227 e. The smallest absolute Gasteiger partial charge is 0.227 e. The Hall–Kier alpha value is -2.32. The standard InChI is InChI=1S/C22H33N3O5/c1-15-12-24(13-16(2)30-15)9-5-8-23-22(27)17-10-21(26)25(14-17)19-11-18(28-3)6-7-20(19)29-4/h6-7,11,15-17H,5,8-10,12-14H2,1-4H3,(H,23,27)/t15-,16+,17-/m1/s1. The van der Waals surface area contributed by atoms with Crippen LogP contribution in [0.25, 0.3) is 0 Å². The number of nitrogens with one attached hydrogen (secondary N) is 1. The minimum absolute atomic E-state index is 0.0728. The number of benzene rings is 1. The van der Waals surface area contributed by atoms with Gasteiger partial charge < -0.3 is 24.4 Å². The van der Waals surface area contributed by atoms with Crippen molar-refractivity contribution in [2.24, 2.45) is 5.92 Å². The van der Waals surface area contributed by atoms with Gasteiger partial charge >= 0.3 is 0 Å². The van der Waals surface area contributed by atoms with Gasteiger partial charge in [0.15, 0.2) is 0 Å². The second-order valence-corrected chi connectivity index (χ2v) is 8.10. The van der Waals surface area contributed by atoms with E-state index in [4.69, 9.17) is 14.2 Å². The lowest BCUT2D eigenvalue weighted by Crippen LogP contribution is -2.46. The van der Waals surface area contributed by atoms with Crippen LogP contribution in [0.5, 0.6) is 11.5 Å². The van der Waals surface area contributed by atoms with Crippen molar-refractivity contribution in [1.82, 2.24) is 10.2 Å². The van der Waals surface area contributed by atoms with E-state index in [0.29, 0.717) is 30.3 Å². The summed E-state index contributed by atoms with van der Waals surface area (Å²) < 4.78 is 16.4. The Morgan fingerprint density at radius 3 is 2.57 bits per heavy atom. The highest BCUT2D eigenvalue weighted by molar-refractivity contribution is 6.01. The van der Waals surface area contributed by atoms with Crippen LogP contribution in [0.15, 0.2) is 18.2 Å². The van der Waals surface area contributed by atoms with Crippen LogP contribution in [0.2, 0.25) is 0 Å². The summed E-state index contributed by atoms with van der Waals surface area (Å²) in [4.78, 5) is 29.2. The molecule has 0 aromatic heterocycles. The lowest BCUT2D eigenvalue weighted by atomic mass is 10.1. The van der Waals surface area contributed by atoms with Crippen LogP contribution in [-0.2, 0) is 14.3 Å². The van der Waals surface area contributed by atoms with E-state index in [9.17, 15) is 9.59 Å². The Morgan fingerprint density at radius 1 is 1.17 bits per heavy atom. The molecule has 30 heavy (non-hydrogen) atoms. The van der Waals surface area contributed by atoms with Crippen molar-refractivity contribution in [3.63, 3.8) is 0 Å². The van der Waals surface area contributed by atoms with Crippen molar-refractivity contribution >= 4 is 17.5 Å². The summed E-state index contributed by atoms with van der Waals surface area (Å²) in [5, 5.41) is 3.00. The highest BCUT2D eigenvalue weighted by atomic mass is 16.5. The average molecular weight is 420 g/mol. The lowest BCUT2D eigenvalue weighted by Gasteiger charge is -2.35. The molecule has 8 nitrogen and oxygen atoms in total. The molecule has 0 aliphatic carbocycles. The van der Waals surface area contributed by atoms with Gasteiger partial charge in [-0.15, -0.1) is 0 Å². The topological polar surface area (TPSA) is 80.3 Å². The Bertz CT molecular complexity index is 746. The fraction of sp³-hybridized carbons (Fsp3) is 0.636. The van der Waals surface area contributed by atoms with Gasteiger partial charge in [0.25, 0.3) is 0 Å². The normalized spacial score (nSPS) is 24.7. The Labute approximate surface area is 178 Å². The van der Waals surface area contributed by atoms with Gasteiger partial charge in [-0.05, 0) is 32.4 Å². The predicted octanol–water partition coefficient (Wildman–Crippen LogP) is 1.67. The number of morpholine rings is 1. The molecule has 2 amide bonds. The van der Waals surface area contributed by atoms with E-state index in [1.807, 2.05) is 0 Å². The van der Waals surface area contributed by atoms with Gasteiger partial charge in [-0.25, -0.2) is 0 Å². The lowest BCUT2D eigenvalue weighted by molar-refractivity contribution is -0.126. The number of methoxy groups -OCH3 is 2. The number of amides is 2. The number of rotatable bonds is 8. The quantitative estimate of drug-likeness (QED) is 0.646. The van der Waals surface area contributed by atoms with E-state index in [0.717, 1.165) is 26.1 Å². The van der Waals surface area contributed by atoms with Gasteiger partial charge in [0, 0.05) is 45.2 Å². The molecule has 2 aliphatic heterocycles. The molecule has 2 fully saturated rings. The number of carbonyl (C=O) groups excluding carboxylic acids is 2. The Kier molecular flexibility index (Phi) is 7.55. The SMILES string of the molecule is COc1ccc(OC)c(N2C[C@H](C(=O)NCCCN3C[C@@H](C)O[C@@H](C)C3)CC2=O)c1. The fourth-order valence-electron chi connectivity index (χ4n) is 4.25. The molecule has 1 aromatic rings. The third-order valence-corrected chi connectivity index (χ3v) is 5.62. The van der Waals surface area contributed by atoms with Crippen molar-refractivity contribution < 1.29 is 23.8 Å². The molecule has 0 unspecified atom stereocenters. The minimum Gasteiger partial charge on any atom is -0.497 e. The van der Waals surface area contributed by atoms with Gasteiger partial charge in [-0.1, -0.05) is 0 Å². The number of hydrogen-bond donors (Lipinski definition) is 1. The molecular weight excluding hydrogens is 386 g/mol. The second-order valence-electron chi connectivity index (χ2n) is 8.10. The molecule has 0 bridgehead atoms. The van der Waals surface area contributed by atoms with Crippen LogP contribution in [0.4, 0.5) is 5.69 Å². The minimum atomic E-state index is -0.364. The first-order valence-electron chi connectivity index (χ1n) is 10.6. The van der Waals surface area contributed by atoms with Crippen molar-refractivity contribution in [2.45, 2.75) is 38.9 Å².